The van der Waals surface area contributed by atoms with Crippen molar-refractivity contribution >= 4 is 5.91 Å². The van der Waals surface area contributed by atoms with Gasteiger partial charge in [-0.1, -0.05) is 0 Å². The van der Waals surface area contributed by atoms with Crippen LogP contribution in [0.3, 0.4) is 0 Å². The Labute approximate surface area is 98.6 Å². The van der Waals surface area contributed by atoms with Crippen molar-refractivity contribution in [2.75, 3.05) is 14.2 Å². The first-order valence-corrected chi connectivity index (χ1v) is 4.88. The summed E-state index contributed by atoms with van der Waals surface area (Å²) in [6, 6.07) is 4.61. The van der Waals surface area contributed by atoms with Crippen molar-refractivity contribution < 1.29 is 24.5 Å². The summed E-state index contributed by atoms with van der Waals surface area (Å²) in [5.41, 5.74) is 5.17. The number of primary amides is 1. The summed E-state index contributed by atoms with van der Waals surface area (Å²) < 4.78 is 10.0. The van der Waals surface area contributed by atoms with Crippen LogP contribution in [0, 0.1) is 0 Å². The Kier molecular flexibility index (Phi) is 4.30. The Morgan fingerprint density at radius 2 is 1.94 bits per heavy atom. The maximum atomic E-state index is 10.8. The fraction of sp³-hybridized carbons (Fsp3) is 0.364. The topological polar surface area (TPSA) is 102 Å². The molecule has 1 amide bonds. The molecule has 0 spiro atoms. The lowest BCUT2D eigenvalue weighted by Crippen LogP contribution is -2.34. The average molecular weight is 241 g/mol. The molecule has 0 saturated carbocycles. The summed E-state index contributed by atoms with van der Waals surface area (Å²) in [6.45, 7) is 0. The van der Waals surface area contributed by atoms with Crippen molar-refractivity contribution in [3.05, 3.63) is 23.8 Å². The third-order valence-electron chi connectivity index (χ3n) is 2.35. The summed E-state index contributed by atoms with van der Waals surface area (Å²) in [5, 5.41) is 19.1. The van der Waals surface area contributed by atoms with Gasteiger partial charge in [0.2, 0.25) is 5.91 Å². The predicted octanol–water partition coefficient (Wildman–Crippen LogP) is -0.417. The van der Waals surface area contributed by atoms with Gasteiger partial charge in [-0.25, -0.2) is 0 Å². The molecule has 2 atom stereocenters. The number of methoxy groups -OCH3 is 2. The number of rotatable bonds is 5. The zero-order valence-electron chi connectivity index (χ0n) is 9.58. The third-order valence-corrected chi connectivity index (χ3v) is 2.35. The molecule has 0 saturated heterocycles. The minimum atomic E-state index is -1.68. The van der Waals surface area contributed by atoms with Crippen molar-refractivity contribution in [1.82, 2.24) is 0 Å². The number of carbonyl (C=O) groups excluding carboxylic acids is 1. The molecule has 0 heterocycles. The van der Waals surface area contributed by atoms with E-state index < -0.39 is 18.1 Å². The van der Waals surface area contributed by atoms with Crippen molar-refractivity contribution in [3.63, 3.8) is 0 Å². The van der Waals surface area contributed by atoms with Gasteiger partial charge in [0.15, 0.2) is 6.10 Å². The van der Waals surface area contributed by atoms with E-state index in [2.05, 4.69) is 0 Å². The minimum Gasteiger partial charge on any atom is -0.497 e. The highest BCUT2D eigenvalue weighted by atomic mass is 16.5. The monoisotopic (exact) mass is 241 g/mol. The molecule has 0 aliphatic heterocycles. The van der Waals surface area contributed by atoms with Gasteiger partial charge in [-0.15, -0.1) is 0 Å². The molecule has 0 aliphatic carbocycles. The van der Waals surface area contributed by atoms with Gasteiger partial charge in [-0.05, 0) is 12.1 Å². The Balaban J connectivity index is 3.08. The molecule has 0 aromatic heterocycles. The number of carbonyl (C=O) groups is 1. The van der Waals surface area contributed by atoms with E-state index in [4.69, 9.17) is 15.2 Å². The summed E-state index contributed by atoms with van der Waals surface area (Å²) in [6.07, 6.45) is -3.12. The normalized spacial score (nSPS) is 13.9. The molecule has 17 heavy (non-hydrogen) atoms. The molecule has 1 aromatic carbocycles. The van der Waals surface area contributed by atoms with Crippen LogP contribution in [0.1, 0.15) is 11.7 Å². The van der Waals surface area contributed by atoms with E-state index >= 15 is 0 Å². The average Bonchev–Trinajstić information content (AvgIpc) is 2.35. The molecule has 0 radical (unpaired) electrons. The smallest absolute Gasteiger partial charge is 0.249 e. The van der Waals surface area contributed by atoms with Crippen LogP contribution < -0.4 is 15.2 Å². The van der Waals surface area contributed by atoms with Crippen molar-refractivity contribution in [2.24, 2.45) is 5.73 Å². The predicted molar refractivity (Wildman–Crippen MR) is 59.7 cm³/mol. The van der Waals surface area contributed by atoms with E-state index in [0.29, 0.717) is 11.5 Å². The van der Waals surface area contributed by atoms with Gasteiger partial charge < -0.3 is 25.4 Å². The van der Waals surface area contributed by atoms with E-state index in [1.54, 1.807) is 6.07 Å². The van der Waals surface area contributed by atoms with Gasteiger partial charge in [-0.3, -0.25) is 4.79 Å². The van der Waals surface area contributed by atoms with Crippen LogP contribution in [-0.2, 0) is 4.79 Å². The molecular weight excluding hydrogens is 226 g/mol. The lowest BCUT2D eigenvalue weighted by Gasteiger charge is -2.18. The SMILES string of the molecule is COc1ccc(C(O)C(O)C(N)=O)c(OC)c1. The van der Waals surface area contributed by atoms with Crippen molar-refractivity contribution in [2.45, 2.75) is 12.2 Å². The van der Waals surface area contributed by atoms with E-state index in [9.17, 15) is 15.0 Å². The van der Waals surface area contributed by atoms with Crippen LogP contribution in [0.25, 0.3) is 0 Å². The molecule has 6 nitrogen and oxygen atoms in total. The van der Waals surface area contributed by atoms with Gasteiger partial charge >= 0.3 is 0 Å². The standard InChI is InChI=1S/C11H15NO5/c1-16-6-3-4-7(8(5-6)17-2)9(13)10(14)11(12)15/h3-5,9-10,13-14H,1-2H3,(H2,12,15). The largest absolute Gasteiger partial charge is 0.497 e. The molecule has 1 rings (SSSR count). The Hall–Kier alpha value is -1.79. The maximum Gasteiger partial charge on any atom is 0.249 e. The minimum absolute atomic E-state index is 0.264. The quantitative estimate of drug-likeness (QED) is 0.650. The third kappa shape index (κ3) is 2.86. The Bertz CT molecular complexity index is 407. The van der Waals surface area contributed by atoms with Gasteiger partial charge in [0, 0.05) is 11.6 Å². The second kappa shape index (κ2) is 5.51. The number of ether oxygens (including phenoxy) is 2. The first-order chi connectivity index (χ1) is 8.01. The number of aliphatic hydroxyl groups excluding tert-OH is 2. The lowest BCUT2D eigenvalue weighted by molar-refractivity contribution is -0.132. The van der Waals surface area contributed by atoms with Gasteiger partial charge in [0.25, 0.3) is 0 Å². The van der Waals surface area contributed by atoms with Crippen LogP contribution in [0.2, 0.25) is 0 Å². The number of nitrogens with two attached hydrogens (primary N) is 1. The van der Waals surface area contributed by atoms with E-state index in [0.717, 1.165) is 0 Å². The first kappa shape index (κ1) is 13.3. The molecule has 6 heteroatoms. The summed E-state index contributed by atoms with van der Waals surface area (Å²) in [5.74, 6) is -0.168. The first-order valence-electron chi connectivity index (χ1n) is 4.88. The molecule has 1 aromatic rings. The van der Waals surface area contributed by atoms with E-state index in [1.807, 2.05) is 0 Å². The van der Waals surface area contributed by atoms with Crippen LogP contribution >= 0.6 is 0 Å². The Morgan fingerprint density at radius 1 is 1.29 bits per heavy atom. The second-order valence-corrected chi connectivity index (χ2v) is 3.40. The highest BCUT2D eigenvalue weighted by Crippen LogP contribution is 2.30. The number of aliphatic hydroxyl groups is 2. The zero-order chi connectivity index (χ0) is 13.0. The van der Waals surface area contributed by atoms with Gasteiger partial charge in [0.05, 0.1) is 14.2 Å². The second-order valence-electron chi connectivity index (χ2n) is 3.40. The molecule has 94 valence electrons. The Morgan fingerprint density at radius 3 is 2.41 bits per heavy atom. The highest BCUT2D eigenvalue weighted by Gasteiger charge is 2.26. The lowest BCUT2D eigenvalue weighted by atomic mass is 10.0. The van der Waals surface area contributed by atoms with Gasteiger partial charge in [0.1, 0.15) is 17.6 Å². The summed E-state index contributed by atoms with van der Waals surface area (Å²) in [7, 11) is 2.89. The van der Waals surface area contributed by atoms with Crippen LogP contribution in [0.4, 0.5) is 0 Å². The van der Waals surface area contributed by atoms with Crippen LogP contribution in [0.5, 0.6) is 11.5 Å². The van der Waals surface area contributed by atoms with Crippen LogP contribution in [0.15, 0.2) is 18.2 Å². The molecule has 0 bridgehead atoms. The molecule has 2 unspecified atom stereocenters. The molecule has 0 fully saturated rings. The fourth-order valence-corrected chi connectivity index (χ4v) is 1.39. The number of benzene rings is 1. The van der Waals surface area contributed by atoms with Gasteiger partial charge in [-0.2, -0.15) is 0 Å². The molecule has 4 N–H and O–H groups in total. The van der Waals surface area contributed by atoms with E-state index in [-0.39, 0.29) is 5.56 Å². The fourth-order valence-electron chi connectivity index (χ4n) is 1.39. The number of hydrogen-bond donors (Lipinski definition) is 3. The maximum absolute atomic E-state index is 10.8. The van der Waals surface area contributed by atoms with Crippen molar-refractivity contribution in [3.8, 4) is 11.5 Å². The zero-order valence-corrected chi connectivity index (χ0v) is 9.58. The van der Waals surface area contributed by atoms with Crippen molar-refractivity contribution in [1.29, 1.82) is 0 Å². The summed E-state index contributed by atoms with van der Waals surface area (Å²) in [4.78, 5) is 10.8. The number of hydrogen-bond acceptors (Lipinski definition) is 5. The number of amides is 1. The highest BCUT2D eigenvalue weighted by molar-refractivity contribution is 5.79. The summed E-state index contributed by atoms with van der Waals surface area (Å²) >= 11 is 0. The molecular formula is C11H15NO5. The van der Waals surface area contributed by atoms with Crippen LogP contribution in [-0.4, -0.2) is 36.4 Å². The molecule has 0 aliphatic rings. The van der Waals surface area contributed by atoms with E-state index in [1.165, 1.54) is 26.4 Å².